The molecule has 2 aromatic rings. The molecule has 0 aliphatic carbocycles. The second-order valence-electron chi connectivity index (χ2n) is 7.76. The zero-order chi connectivity index (χ0) is 18.8. The Bertz CT molecular complexity index is 845. The monoisotopic (exact) mass is 372 g/mol. The minimum absolute atomic E-state index is 0.164. The molecule has 0 saturated carbocycles. The number of hydrogen-bond acceptors (Lipinski definition) is 6. The second-order valence-corrected chi connectivity index (χ2v) is 7.76. The van der Waals surface area contributed by atoms with E-state index in [9.17, 15) is 4.79 Å². The van der Waals surface area contributed by atoms with E-state index in [0.717, 1.165) is 37.6 Å². The van der Waals surface area contributed by atoms with Gasteiger partial charge in [0.2, 0.25) is 0 Å². The Labute approximate surface area is 159 Å². The summed E-state index contributed by atoms with van der Waals surface area (Å²) >= 11 is 0. The van der Waals surface area contributed by atoms with E-state index in [1.807, 2.05) is 22.2 Å². The van der Waals surface area contributed by atoms with Crippen LogP contribution in [-0.2, 0) is 30.9 Å². The summed E-state index contributed by atoms with van der Waals surface area (Å²) in [6.45, 7) is 5.42. The zero-order valence-corrected chi connectivity index (χ0v) is 16.1. The molecule has 0 radical (unpaired) electrons. The maximum absolute atomic E-state index is 13.1. The third-order valence-electron chi connectivity index (χ3n) is 5.67. The fraction of sp³-hybridized carbons (Fsp3) is 0.632. The van der Waals surface area contributed by atoms with E-state index in [2.05, 4.69) is 26.5 Å². The van der Waals surface area contributed by atoms with Crippen LogP contribution in [0, 0.1) is 5.92 Å². The Morgan fingerprint density at radius 1 is 1.33 bits per heavy atom. The standard InChI is InChI=1S/C19H28N6O2/c1-23(12-18-22-21-13-24(18)5-6-27-2)11-15-3-4-17-16-7-14(8-20-9-16)10-25(17)19(15)26/h3-4,13-14,16,20H,5-12H2,1-2H3/t14-,16+/m0/s1. The van der Waals surface area contributed by atoms with Gasteiger partial charge in [-0.15, -0.1) is 10.2 Å². The molecule has 2 bridgehead atoms. The van der Waals surface area contributed by atoms with Gasteiger partial charge in [-0.3, -0.25) is 9.69 Å². The van der Waals surface area contributed by atoms with Crippen LogP contribution in [0.1, 0.15) is 29.4 Å². The summed E-state index contributed by atoms with van der Waals surface area (Å²) in [4.78, 5) is 15.2. The predicted molar refractivity (Wildman–Crippen MR) is 101 cm³/mol. The Kier molecular flexibility index (Phi) is 5.38. The SMILES string of the molecule is COCCn1cnnc1CN(C)Cc1ccc2n(c1=O)C[C@@H]1CNC[C@H]2C1. The minimum Gasteiger partial charge on any atom is -0.383 e. The summed E-state index contributed by atoms with van der Waals surface area (Å²) in [6, 6.07) is 4.16. The van der Waals surface area contributed by atoms with Gasteiger partial charge >= 0.3 is 0 Å². The molecular weight excluding hydrogens is 344 g/mol. The number of nitrogens with one attached hydrogen (secondary N) is 1. The molecule has 0 unspecified atom stereocenters. The number of hydrogen-bond donors (Lipinski definition) is 1. The summed E-state index contributed by atoms with van der Waals surface area (Å²) in [6.07, 6.45) is 2.92. The fourth-order valence-electron chi connectivity index (χ4n) is 4.32. The molecule has 1 saturated heterocycles. The van der Waals surface area contributed by atoms with Crippen LogP contribution >= 0.6 is 0 Å². The maximum atomic E-state index is 13.1. The smallest absolute Gasteiger partial charge is 0.255 e. The topological polar surface area (TPSA) is 77.2 Å². The quantitative estimate of drug-likeness (QED) is 0.759. The Morgan fingerprint density at radius 2 is 2.22 bits per heavy atom. The van der Waals surface area contributed by atoms with Crippen molar-refractivity contribution in [3.05, 3.63) is 45.9 Å². The third kappa shape index (κ3) is 3.83. The van der Waals surface area contributed by atoms with E-state index in [0.29, 0.717) is 31.5 Å². The first-order chi connectivity index (χ1) is 13.2. The third-order valence-corrected chi connectivity index (χ3v) is 5.67. The van der Waals surface area contributed by atoms with Gasteiger partial charge in [0.1, 0.15) is 12.2 Å². The van der Waals surface area contributed by atoms with Gasteiger partial charge in [0, 0.05) is 50.5 Å². The van der Waals surface area contributed by atoms with Crippen molar-refractivity contribution in [2.24, 2.45) is 5.92 Å². The number of aromatic nitrogens is 4. The lowest BCUT2D eigenvalue weighted by Gasteiger charge is -2.37. The number of pyridine rings is 1. The molecule has 1 N–H and O–H groups in total. The molecule has 0 spiro atoms. The minimum atomic E-state index is 0.164. The van der Waals surface area contributed by atoms with Gasteiger partial charge in [-0.1, -0.05) is 6.07 Å². The van der Waals surface area contributed by atoms with E-state index >= 15 is 0 Å². The highest BCUT2D eigenvalue weighted by atomic mass is 16.5. The Balaban J connectivity index is 1.48. The number of piperidine rings is 1. The summed E-state index contributed by atoms with van der Waals surface area (Å²) in [5, 5.41) is 11.7. The molecule has 2 aliphatic heterocycles. The first-order valence-corrected chi connectivity index (χ1v) is 9.63. The van der Waals surface area contributed by atoms with Crippen LogP contribution in [0.4, 0.5) is 0 Å². The molecule has 8 nitrogen and oxygen atoms in total. The highest BCUT2D eigenvalue weighted by molar-refractivity contribution is 5.22. The highest BCUT2D eigenvalue weighted by Gasteiger charge is 2.31. The number of rotatable bonds is 7. The molecule has 2 aliphatic rings. The van der Waals surface area contributed by atoms with Crippen molar-refractivity contribution in [2.75, 3.05) is 33.9 Å². The van der Waals surface area contributed by atoms with Crippen molar-refractivity contribution in [3.63, 3.8) is 0 Å². The van der Waals surface area contributed by atoms with Crippen LogP contribution < -0.4 is 10.9 Å². The normalized spacial score (nSPS) is 21.4. The molecule has 2 aromatic heterocycles. The summed E-state index contributed by atoms with van der Waals surface area (Å²) in [5.41, 5.74) is 2.20. The lowest BCUT2D eigenvalue weighted by Crippen LogP contribution is -2.45. The molecule has 0 amide bonds. The van der Waals surface area contributed by atoms with Gasteiger partial charge in [-0.2, -0.15) is 0 Å². The zero-order valence-electron chi connectivity index (χ0n) is 16.1. The highest BCUT2D eigenvalue weighted by Crippen LogP contribution is 2.31. The van der Waals surface area contributed by atoms with E-state index in [1.165, 1.54) is 12.1 Å². The summed E-state index contributed by atoms with van der Waals surface area (Å²) in [5.74, 6) is 1.92. The molecule has 27 heavy (non-hydrogen) atoms. The largest absolute Gasteiger partial charge is 0.383 e. The van der Waals surface area contributed by atoms with Crippen molar-refractivity contribution >= 4 is 0 Å². The molecule has 4 heterocycles. The molecule has 2 atom stereocenters. The lowest BCUT2D eigenvalue weighted by atomic mass is 9.84. The van der Waals surface area contributed by atoms with Gasteiger partial charge in [-0.05, 0) is 32.0 Å². The van der Waals surface area contributed by atoms with Gasteiger partial charge in [0.05, 0.1) is 13.2 Å². The van der Waals surface area contributed by atoms with Gasteiger partial charge in [0.25, 0.3) is 5.56 Å². The molecule has 146 valence electrons. The fourth-order valence-corrected chi connectivity index (χ4v) is 4.32. The van der Waals surface area contributed by atoms with E-state index in [-0.39, 0.29) is 5.56 Å². The lowest BCUT2D eigenvalue weighted by molar-refractivity contribution is 0.184. The van der Waals surface area contributed by atoms with Crippen LogP contribution in [0.15, 0.2) is 23.3 Å². The van der Waals surface area contributed by atoms with Crippen LogP contribution in [0.3, 0.4) is 0 Å². The van der Waals surface area contributed by atoms with Gasteiger partial charge < -0.3 is 19.2 Å². The van der Waals surface area contributed by atoms with Crippen molar-refractivity contribution in [1.29, 1.82) is 0 Å². The van der Waals surface area contributed by atoms with Crippen molar-refractivity contribution < 1.29 is 4.74 Å². The Hall–Kier alpha value is -2.03. The Morgan fingerprint density at radius 3 is 3.07 bits per heavy atom. The average Bonchev–Trinajstić information content (AvgIpc) is 3.10. The van der Waals surface area contributed by atoms with Crippen molar-refractivity contribution in [3.8, 4) is 0 Å². The predicted octanol–water partition coefficient (Wildman–Crippen LogP) is 0.425. The molecule has 1 fully saturated rings. The van der Waals surface area contributed by atoms with Crippen LogP contribution in [-0.4, -0.2) is 58.1 Å². The summed E-state index contributed by atoms with van der Waals surface area (Å²) < 4.78 is 9.14. The second kappa shape index (κ2) is 7.92. The average molecular weight is 372 g/mol. The van der Waals surface area contributed by atoms with E-state index < -0.39 is 0 Å². The van der Waals surface area contributed by atoms with E-state index in [4.69, 9.17) is 4.74 Å². The number of methoxy groups -OCH3 is 1. The number of ether oxygens (including phenoxy) is 1. The molecule has 4 rings (SSSR count). The van der Waals surface area contributed by atoms with Gasteiger partial charge in [-0.25, -0.2) is 0 Å². The number of nitrogens with zero attached hydrogens (tertiary/aromatic N) is 5. The van der Waals surface area contributed by atoms with E-state index in [1.54, 1.807) is 13.4 Å². The summed E-state index contributed by atoms with van der Waals surface area (Å²) in [7, 11) is 3.70. The van der Waals surface area contributed by atoms with Crippen molar-refractivity contribution in [2.45, 2.75) is 38.5 Å². The molecule has 8 heteroatoms. The molecule has 0 aromatic carbocycles. The maximum Gasteiger partial charge on any atom is 0.255 e. The van der Waals surface area contributed by atoms with Crippen molar-refractivity contribution in [1.82, 2.24) is 29.5 Å². The molecular formula is C19H28N6O2. The first-order valence-electron chi connectivity index (χ1n) is 9.63. The first kappa shape index (κ1) is 18.3. The van der Waals surface area contributed by atoms with Crippen LogP contribution in [0.2, 0.25) is 0 Å². The van der Waals surface area contributed by atoms with Crippen LogP contribution in [0.25, 0.3) is 0 Å². The van der Waals surface area contributed by atoms with Crippen LogP contribution in [0.5, 0.6) is 0 Å². The number of fused-ring (bicyclic) bond motifs is 4. The van der Waals surface area contributed by atoms with Gasteiger partial charge in [0.15, 0.2) is 0 Å².